The third kappa shape index (κ3) is 4.01. The van der Waals surface area contributed by atoms with Crippen LogP contribution >= 0.6 is 11.3 Å². The third-order valence-corrected chi connectivity index (χ3v) is 5.44. The Morgan fingerprint density at radius 3 is 2.62 bits per heavy atom. The minimum Gasteiger partial charge on any atom is -0.389 e. The molecule has 0 radical (unpaired) electrons. The van der Waals surface area contributed by atoms with Crippen LogP contribution in [0.25, 0.3) is 10.6 Å². The molecule has 24 heavy (non-hydrogen) atoms. The van der Waals surface area contributed by atoms with Gasteiger partial charge in [0.05, 0.1) is 11.3 Å². The van der Waals surface area contributed by atoms with E-state index in [0.29, 0.717) is 12.1 Å². The van der Waals surface area contributed by atoms with Gasteiger partial charge in [-0.25, -0.2) is 4.98 Å². The first-order valence-electron chi connectivity index (χ1n) is 8.21. The van der Waals surface area contributed by atoms with Crippen LogP contribution in [-0.4, -0.2) is 40.1 Å². The Morgan fingerprint density at radius 1 is 1.33 bits per heavy atom. The lowest BCUT2D eigenvalue weighted by Gasteiger charge is -2.28. The van der Waals surface area contributed by atoms with Gasteiger partial charge in [0.15, 0.2) is 0 Å². The lowest BCUT2D eigenvalue weighted by Crippen LogP contribution is -2.38. The number of benzene rings is 1. The van der Waals surface area contributed by atoms with Crippen molar-refractivity contribution in [3.63, 3.8) is 0 Å². The zero-order valence-corrected chi connectivity index (χ0v) is 14.7. The van der Waals surface area contributed by atoms with Crippen molar-refractivity contribution in [2.45, 2.75) is 37.8 Å². The summed E-state index contributed by atoms with van der Waals surface area (Å²) in [5, 5.41) is 13.5. The number of amides is 1. The second-order valence-electron chi connectivity index (χ2n) is 6.69. The van der Waals surface area contributed by atoms with Gasteiger partial charge in [0.2, 0.25) is 5.91 Å². The molecule has 0 atom stereocenters. The van der Waals surface area contributed by atoms with Crippen molar-refractivity contribution in [2.75, 3.05) is 13.6 Å². The standard InChI is InChI=1S/C18H23N3O2S/c1-21(12-18(23)8-2-3-9-18)10-15-11-24-17(20-15)14-6-4-13(5-7-14)16(19)22/h4-7,11,23H,2-3,8-10,12H2,1H3,(H2,19,22). The zero-order chi connectivity index (χ0) is 17.2. The van der Waals surface area contributed by atoms with Crippen LogP contribution in [0.15, 0.2) is 29.6 Å². The van der Waals surface area contributed by atoms with Crippen LogP contribution in [0.3, 0.4) is 0 Å². The molecule has 1 aliphatic rings. The van der Waals surface area contributed by atoms with Crippen molar-refractivity contribution in [2.24, 2.45) is 5.73 Å². The SMILES string of the molecule is CN(Cc1csc(-c2ccc(C(N)=O)cc2)n1)CC1(O)CCCC1. The molecule has 1 aliphatic carbocycles. The summed E-state index contributed by atoms with van der Waals surface area (Å²) in [5.74, 6) is -0.423. The minimum absolute atomic E-state index is 0.423. The molecule has 2 aromatic rings. The first-order chi connectivity index (χ1) is 11.5. The van der Waals surface area contributed by atoms with Crippen molar-refractivity contribution < 1.29 is 9.90 Å². The summed E-state index contributed by atoms with van der Waals surface area (Å²) < 4.78 is 0. The Morgan fingerprint density at radius 2 is 2.00 bits per heavy atom. The number of rotatable bonds is 6. The van der Waals surface area contributed by atoms with Crippen molar-refractivity contribution in [1.29, 1.82) is 0 Å². The molecule has 1 amide bonds. The summed E-state index contributed by atoms with van der Waals surface area (Å²) in [6.45, 7) is 1.41. The molecule has 3 N–H and O–H groups in total. The highest BCUT2D eigenvalue weighted by atomic mass is 32.1. The van der Waals surface area contributed by atoms with Crippen LogP contribution in [0.5, 0.6) is 0 Å². The van der Waals surface area contributed by atoms with Crippen LogP contribution in [0.2, 0.25) is 0 Å². The number of thiazole rings is 1. The summed E-state index contributed by atoms with van der Waals surface area (Å²) in [6, 6.07) is 7.18. The molecule has 1 aromatic heterocycles. The first-order valence-corrected chi connectivity index (χ1v) is 9.09. The quantitative estimate of drug-likeness (QED) is 0.843. The molecule has 128 valence electrons. The van der Waals surface area contributed by atoms with Gasteiger partial charge < -0.3 is 10.8 Å². The number of aromatic nitrogens is 1. The van der Waals surface area contributed by atoms with E-state index in [1.165, 1.54) is 0 Å². The number of carbonyl (C=O) groups excluding carboxylic acids is 1. The van der Waals surface area contributed by atoms with Crippen molar-refractivity contribution in [1.82, 2.24) is 9.88 Å². The van der Waals surface area contributed by atoms with Crippen LogP contribution in [-0.2, 0) is 6.54 Å². The van der Waals surface area contributed by atoms with Crippen molar-refractivity contribution >= 4 is 17.2 Å². The van der Waals surface area contributed by atoms with E-state index in [-0.39, 0.29) is 0 Å². The number of nitrogens with two attached hydrogens (primary N) is 1. The van der Waals surface area contributed by atoms with E-state index in [9.17, 15) is 9.90 Å². The maximum atomic E-state index is 11.1. The van der Waals surface area contributed by atoms with Gasteiger partial charge >= 0.3 is 0 Å². The smallest absolute Gasteiger partial charge is 0.248 e. The molecular weight excluding hydrogens is 322 g/mol. The van der Waals surface area contributed by atoms with Crippen LogP contribution in [0.1, 0.15) is 41.7 Å². The van der Waals surface area contributed by atoms with E-state index in [4.69, 9.17) is 5.73 Å². The number of aliphatic hydroxyl groups is 1. The number of carbonyl (C=O) groups is 1. The molecule has 0 unspecified atom stereocenters. The Bertz CT molecular complexity index is 705. The number of hydrogen-bond donors (Lipinski definition) is 2. The summed E-state index contributed by atoms with van der Waals surface area (Å²) >= 11 is 1.58. The van der Waals surface area contributed by atoms with E-state index in [1.807, 2.05) is 24.6 Å². The summed E-state index contributed by atoms with van der Waals surface area (Å²) in [4.78, 5) is 17.9. The maximum absolute atomic E-state index is 11.1. The fraction of sp³-hybridized carbons (Fsp3) is 0.444. The van der Waals surface area contributed by atoms with Gasteiger partial charge in [-0.05, 0) is 32.0 Å². The van der Waals surface area contributed by atoms with Crippen molar-refractivity contribution in [3.8, 4) is 10.6 Å². The number of likely N-dealkylation sites (N-methyl/N-ethyl adjacent to an activating group) is 1. The van der Waals surface area contributed by atoms with Gasteiger partial charge in [0.25, 0.3) is 0 Å². The maximum Gasteiger partial charge on any atom is 0.248 e. The molecule has 1 heterocycles. The fourth-order valence-corrected chi connectivity index (χ4v) is 4.13. The lowest BCUT2D eigenvalue weighted by molar-refractivity contribution is 0.0143. The molecule has 5 nitrogen and oxygen atoms in total. The molecule has 0 saturated heterocycles. The molecule has 0 spiro atoms. The molecule has 1 fully saturated rings. The zero-order valence-electron chi connectivity index (χ0n) is 13.9. The predicted molar refractivity (Wildman–Crippen MR) is 95.8 cm³/mol. The van der Waals surface area contributed by atoms with Crippen LogP contribution < -0.4 is 5.73 Å². The average molecular weight is 345 g/mol. The van der Waals surface area contributed by atoms with Gasteiger partial charge in [-0.1, -0.05) is 25.0 Å². The molecule has 6 heteroatoms. The van der Waals surface area contributed by atoms with Gasteiger partial charge in [0.1, 0.15) is 5.01 Å². The van der Waals surface area contributed by atoms with Gasteiger partial charge in [-0.15, -0.1) is 11.3 Å². The Balaban J connectivity index is 1.63. The second kappa shape index (κ2) is 7.01. The van der Waals surface area contributed by atoms with Gasteiger partial charge in [-0.2, -0.15) is 0 Å². The van der Waals surface area contributed by atoms with Crippen molar-refractivity contribution in [3.05, 3.63) is 40.9 Å². The third-order valence-electron chi connectivity index (χ3n) is 4.50. The average Bonchev–Trinajstić information content (AvgIpc) is 3.16. The fourth-order valence-electron chi connectivity index (χ4n) is 3.32. The van der Waals surface area contributed by atoms with E-state index in [0.717, 1.165) is 48.5 Å². The molecule has 0 aliphatic heterocycles. The normalized spacial score (nSPS) is 16.6. The molecule has 1 saturated carbocycles. The van der Waals surface area contributed by atoms with E-state index >= 15 is 0 Å². The summed E-state index contributed by atoms with van der Waals surface area (Å²) in [7, 11) is 2.02. The van der Waals surface area contributed by atoms with Gasteiger partial charge in [0, 0.05) is 29.6 Å². The summed E-state index contributed by atoms with van der Waals surface area (Å²) in [5.41, 5.74) is 7.21. The van der Waals surface area contributed by atoms with E-state index in [2.05, 4.69) is 9.88 Å². The number of hydrogen-bond acceptors (Lipinski definition) is 5. The Labute approximate surface area is 146 Å². The van der Waals surface area contributed by atoms with E-state index in [1.54, 1.807) is 23.5 Å². The highest BCUT2D eigenvalue weighted by molar-refractivity contribution is 7.13. The molecule has 0 bridgehead atoms. The van der Waals surface area contributed by atoms with Gasteiger partial charge in [-0.3, -0.25) is 9.69 Å². The Kier molecular flexibility index (Phi) is 4.99. The number of primary amides is 1. The van der Waals surface area contributed by atoms with E-state index < -0.39 is 11.5 Å². The first kappa shape index (κ1) is 17.1. The molecule has 1 aromatic carbocycles. The topological polar surface area (TPSA) is 79.5 Å². The highest BCUT2D eigenvalue weighted by Crippen LogP contribution is 2.30. The predicted octanol–water partition coefficient (Wildman–Crippen LogP) is 2.65. The largest absolute Gasteiger partial charge is 0.389 e. The monoisotopic (exact) mass is 345 g/mol. The lowest BCUT2D eigenvalue weighted by atomic mass is 10.0. The van der Waals surface area contributed by atoms with Crippen LogP contribution in [0.4, 0.5) is 0 Å². The Hall–Kier alpha value is -1.76. The number of nitrogens with zero attached hydrogens (tertiary/aromatic N) is 2. The minimum atomic E-state index is -0.530. The van der Waals surface area contributed by atoms with Crippen LogP contribution in [0, 0.1) is 0 Å². The second-order valence-corrected chi connectivity index (χ2v) is 7.55. The summed E-state index contributed by atoms with van der Waals surface area (Å²) in [6.07, 6.45) is 4.02. The highest BCUT2D eigenvalue weighted by Gasteiger charge is 2.32. The molecule has 3 rings (SSSR count). The molecular formula is C18H23N3O2S.